The second-order valence-electron chi connectivity index (χ2n) is 6.72. The molecule has 0 aliphatic rings. The van der Waals surface area contributed by atoms with Crippen LogP contribution < -0.4 is 10.6 Å². The summed E-state index contributed by atoms with van der Waals surface area (Å²) in [6.45, 7) is 7.19. The predicted molar refractivity (Wildman–Crippen MR) is 93.6 cm³/mol. The van der Waals surface area contributed by atoms with Crippen LogP contribution in [0.3, 0.4) is 0 Å². The highest BCUT2D eigenvalue weighted by molar-refractivity contribution is 6.05. The number of nitrogens with one attached hydrogen (secondary N) is 2. The summed E-state index contributed by atoms with van der Waals surface area (Å²) in [4.78, 5) is 24.3. The predicted octanol–water partition coefficient (Wildman–Crippen LogP) is 4.37. The molecule has 24 heavy (non-hydrogen) atoms. The van der Waals surface area contributed by atoms with E-state index < -0.39 is 17.1 Å². The van der Waals surface area contributed by atoms with Gasteiger partial charge in [-0.3, -0.25) is 9.59 Å². The summed E-state index contributed by atoms with van der Waals surface area (Å²) in [5.41, 5.74) is 1.21. The average Bonchev–Trinajstić information content (AvgIpc) is 2.49. The number of hydrogen-bond acceptors (Lipinski definition) is 2. The van der Waals surface area contributed by atoms with E-state index in [1.165, 1.54) is 12.1 Å². The standard InChI is InChI=1S/C19H21FN2O2/c1-12-8-9-16(15(20)10-12)22-17(23)13-6-5-7-14(11-13)21-18(24)19(2,3)4/h5-11H,1-4H3,(H,21,24)(H,22,23). The maximum atomic E-state index is 13.8. The van der Waals surface area contributed by atoms with Gasteiger partial charge < -0.3 is 10.6 Å². The molecule has 126 valence electrons. The molecule has 5 heteroatoms. The van der Waals surface area contributed by atoms with E-state index in [4.69, 9.17) is 0 Å². The molecule has 0 spiro atoms. The third kappa shape index (κ3) is 4.41. The van der Waals surface area contributed by atoms with Gasteiger partial charge in [-0.15, -0.1) is 0 Å². The van der Waals surface area contributed by atoms with Crippen LogP contribution >= 0.6 is 0 Å². The maximum absolute atomic E-state index is 13.8. The minimum atomic E-state index is -0.538. The van der Waals surface area contributed by atoms with Crippen molar-refractivity contribution in [3.63, 3.8) is 0 Å². The fourth-order valence-electron chi connectivity index (χ4n) is 1.97. The Morgan fingerprint density at radius 2 is 1.71 bits per heavy atom. The van der Waals surface area contributed by atoms with Crippen molar-refractivity contribution in [2.45, 2.75) is 27.7 Å². The number of carbonyl (C=O) groups excluding carboxylic acids is 2. The lowest BCUT2D eigenvalue weighted by atomic mass is 9.95. The van der Waals surface area contributed by atoms with E-state index >= 15 is 0 Å². The second kappa shape index (κ2) is 6.83. The van der Waals surface area contributed by atoms with Crippen molar-refractivity contribution in [2.24, 2.45) is 5.41 Å². The molecule has 0 aliphatic carbocycles. The fraction of sp³-hybridized carbons (Fsp3) is 0.263. The van der Waals surface area contributed by atoms with Crippen molar-refractivity contribution in [3.8, 4) is 0 Å². The third-order valence-corrected chi connectivity index (χ3v) is 3.44. The van der Waals surface area contributed by atoms with E-state index in [2.05, 4.69) is 10.6 Å². The molecule has 0 heterocycles. The number of rotatable bonds is 3. The zero-order valence-corrected chi connectivity index (χ0v) is 14.2. The van der Waals surface area contributed by atoms with Crippen LogP contribution in [-0.2, 0) is 4.79 Å². The summed E-state index contributed by atoms with van der Waals surface area (Å²) in [7, 11) is 0. The van der Waals surface area contributed by atoms with Crippen LogP contribution in [0.2, 0.25) is 0 Å². The number of halogens is 1. The van der Waals surface area contributed by atoms with E-state index in [1.807, 2.05) is 0 Å². The Labute approximate surface area is 141 Å². The molecule has 0 aromatic heterocycles. The largest absolute Gasteiger partial charge is 0.326 e. The smallest absolute Gasteiger partial charge is 0.255 e. The number of aryl methyl sites for hydroxylation is 1. The van der Waals surface area contributed by atoms with Gasteiger partial charge in [-0.2, -0.15) is 0 Å². The third-order valence-electron chi connectivity index (χ3n) is 3.44. The number of amides is 2. The second-order valence-corrected chi connectivity index (χ2v) is 6.72. The van der Waals surface area contributed by atoms with E-state index in [0.717, 1.165) is 5.56 Å². The zero-order valence-electron chi connectivity index (χ0n) is 14.2. The number of hydrogen-bond donors (Lipinski definition) is 2. The van der Waals surface area contributed by atoms with Gasteiger partial charge in [0.1, 0.15) is 5.82 Å². The minimum Gasteiger partial charge on any atom is -0.326 e. The molecule has 2 aromatic carbocycles. The molecule has 0 atom stereocenters. The lowest BCUT2D eigenvalue weighted by Crippen LogP contribution is -2.27. The topological polar surface area (TPSA) is 58.2 Å². The lowest BCUT2D eigenvalue weighted by Gasteiger charge is -2.18. The number of benzene rings is 2. The first kappa shape index (κ1) is 17.7. The van der Waals surface area contributed by atoms with Gasteiger partial charge >= 0.3 is 0 Å². The molecular weight excluding hydrogens is 307 g/mol. The first-order chi connectivity index (χ1) is 11.2. The molecule has 0 aliphatic heterocycles. The molecule has 0 saturated heterocycles. The average molecular weight is 328 g/mol. The van der Waals surface area contributed by atoms with Crippen LogP contribution in [0.15, 0.2) is 42.5 Å². The molecule has 0 bridgehead atoms. The van der Waals surface area contributed by atoms with E-state index in [0.29, 0.717) is 11.3 Å². The molecule has 0 radical (unpaired) electrons. The molecule has 2 aromatic rings. The monoisotopic (exact) mass is 328 g/mol. The Bertz CT molecular complexity index is 779. The van der Waals surface area contributed by atoms with Gasteiger partial charge in [0.25, 0.3) is 5.91 Å². The number of carbonyl (C=O) groups is 2. The molecule has 4 nitrogen and oxygen atoms in total. The SMILES string of the molecule is Cc1ccc(NC(=O)c2cccc(NC(=O)C(C)(C)C)c2)c(F)c1. The van der Waals surface area contributed by atoms with Gasteiger partial charge in [0.05, 0.1) is 5.69 Å². The summed E-state index contributed by atoms with van der Waals surface area (Å²) in [6.07, 6.45) is 0. The van der Waals surface area contributed by atoms with Crippen molar-refractivity contribution in [1.29, 1.82) is 0 Å². The normalized spacial score (nSPS) is 11.0. The van der Waals surface area contributed by atoms with Gasteiger partial charge in [0, 0.05) is 16.7 Å². The maximum Gasteiger partial charge on any atom is 0.255 e. The summed E-state index contributed by atoms with van der Waals surface area (Å²) in [5, 5.41) is 5.30. The van der Waals surface area contributed by atoms with Crippen molar-refractivity contribution >= 4 is 23.2 Å². The summed E-state index contributed by atoms with van der Waals surface area (Å²) in [6, 6.07) is 11.1. The highest BCUT2D eigenvalue weighted by Gasteiger charge is 2.21. The molecule has 0 unspecified atom stereocenters. The summed E-state index contributed by atoms with van der Waals surface area (Å²) < 4.78 is 13.8. The van der Waals surface area contributed by atoms with Crippen LogP contribution in [0.4, 0.5) is 15.8 Å². The fourth-order valence-corrected chi connectivity index (χ4v) is 1.97. The quantitative estimate of drug-likeness (QED) is 0.879. The highest BCUT2D eigenvalue weighted by atomic mass is 19.1. The van der Waals surface area contributed by atoms with Gasteiger partial charge in [0.15, 0.2) is 0 Å². The van der Waals surface area contributed by atoms with Crippen LogP contribution in [0.1, 0.15) is 36.7 Å². The van der Waals surface area contributed by atoms with E-state index in [1.54, 1.807) is 58.0 Å². The first-order valence-corrected chi connectivity index (χ1v) is 7.66. The van der Waals surface area contributed by atoms with Crippen LogP contribution in [-0.4, -0.2) is 11.8 Å². The number of anilines is 2. The van der Waals surface area contributed by atoms with Crippen molar-refractivity contribution in [2.75, 3.05) is 10.6 Å². The Hall–Kier alpha value is -2.69. The van der Waals surface area contributed by atoms with Crippen molar-refractivity contribution < 1.29 is 14.0 Å². The zero-order chi connectivity index (χ0) is 17.9. The van der Waals surface area contributed by atoms with Gasteiger partial charge in [-0.1, -0.05) is 32.9 Å². The minimum absolute atomic E-state index is 0.120. The van der Waals surface area contributed by atoms with Crippen LogP contribution in [0.25, 0.3) is 0 Å². The molecule has 2 rings (SSSR count). The van der Waals surface area contributed by atoms with E-state index in [9.17, 15) is 14.0 Å². The molecule has 0 saturated carbocycles. The summed E-state index contributed by atoms with van der Waals surface area (Å²) in [5.74, 6) is -1.07. The molecular formula is C19H21FN2O2. The first-order valence-electron chi connectivity index (χ1n) is 7.66. The summed E-state index contributed by atoms with van der Waals surface area (Å²) >= 11 is 0. The molecule has 2 N–H and O–H groups in total. The Morgan fingerprint density at radius 3 is 2.33 bits per heavy atom. The molecule has 0 fully saturated rings. The van der Waals surface area contributed by atoms with Crippen LogP contribution in [0.5, 0.6) is 0 Å². The Morgan fingerprint density at radius 1 is 1.00 bits per heavy atom. The lowest BCUT2D eigenvalue weighted by molar-refractivity contribution is -0.123. The van der Waals surface area contributed by atoms with Gasteiger partial charge in [-0.25, -0.2) is 4.39 Å². The van der Waals surface area contributed by atoms with Crippen molar-refractivity contribution in [1.82, 2.24) is 0 Å². The van der Waals surface area contributed by atoms with Gasteiger partial charge in [-0.05, 0) is 42.8 Å². The Balaban J connectivity index is 2.16. The van der Waals surface area contributed by atoms with E-state index in [-0.39, 0.29) is 11.6 Å². The van der Waals surface area contributed by atoms with Crippen LogP contribution in [0, 0.1) is 18.2 Å². The Kier molecular flexibility index (Phi) is 5.02. The molecule has 2 amide bonds. The van der Waals surface area contributed by atoms with Gasteiger partial charge in [0.2, 0.25) is 5.91 Å². The highest BCUT2D eigenvalue weighted by Crippen LogP contribution is 2.20. The van der Waals surface area contributed by atoms with Crippen molar-refractivity contribution in [3.05, 3.63) is 59.4 Å².